The number of rotatable bonds is 1. The summed E-state index contributed by atoms with van der Waals surface area (Å²) in [6.45, 7) is 0. The van der Waals surface area contributed by atoms with Gasteiger partial charge < -0.3 is 5.73 Å². The molecule has 7 heteroatoms. The number of nitrogens with one attached hydrogen (secondary N) is 1. The molecule has 0 heterocycles. The van der Waals surface area contributed by atoms with E-state index in [2.05, 4.69) is 17.4 Å². The molecule has 0 fully saturated rings. The maximum atomic E-state index is 9.84. The van der Waals surface area contributed by atoms with Crippen LogP contribution in [-0.2, 0) is 9.06 Å². The molecule has 0 aromatic rings. The number of hydrogen-bond donors (Lipinski definition) is 2. The average Bonchev–Trinajstić information content (AvgIpc) is 1.21. The summed E-state index contributed by atoms with van der Waals surface area (Å²) in [5.41, 5.74) is 4.38. The van der Waals surface area contributed by atoms with Gasteiger partial charge in [0.2, 0.25) is 0 Å². The van der Waals surface area contributed by atoms with E-state index in [9.17, 15) is 13.2 Å². The van der Waals surface area contributed by atoms with Crippen LogP contribution in [0.3, 0.4) is 0 Å². The lowest BCUT2D eigenvalue weighted by Gasteiger charge is -1.90. The fraction of sp³-hybridized carbons (Fsp3) is 0. The van der Waals surface area contributed by atoms with E-state index in [1.165, 1.54) is 4.72 Å². The van der Waals surface area contributed by atoms with Gasteiger partial charge in [-0.15, -0.1) is 0 Å². The Labute approximate surface area is 51.1 Å². The van der Waals surface area contributed by atoms with E-state index >= 15 is 0 Å². The first kappa shape index (κ1) is 7.57. The van der Waals surface area contributed by atoms with Gasteiger partial charge in [-0.25, -0.2) is 9.52 Å². The minimum Gasteiger partial charge on any atom is -0.351 e. The summed E-state index contributed by atoms with van der Waals surface area (Å²) in [5, 5.41) is 0. The second-order valence-electron chi connectivity index (χ2n) is 0.920. The van der Waals surface area contributed by atoms with Crippen LogP contribution in [-0.4, -0.2) is 14.4 Å². The number of hydrogen-bond acceptors (Lipinski definition) is 3. The largest absolute Gasteiger partial charge is 0.351 e. The number of amides is 2. The van der Waals surface area contributed by atoms with Crippen LogP contribution in [0.25, 0.3) is 0 Å². The van der Waals surface area contributed by atoms with Crippen LogP contribution in [0.1, 0.15) is 0 Å². The molecule has 3 N–H and O–H groups in total. The Bertz CT molecular complexity index is 181. The third kappa shape index (κ3) is 5.57. The van der Waals surface area contributed by atoms with Crippen molar-refractivity contribution in [3.05, 3.63) is 0 Å². The molecule has 47 valence electrons. The van der Waals surface area contributed by atoms with Crippen molar-refractivity contribution in [1.29, 1.82) is 0 Å². The lowest BCUT2D eigenvalue weighted by Crippen LogP contribution is -2.31. The molecule has 1 radical (unpaired) electrons. The van der Waals surface area contributed by atoms with E-state index in [0.29, 0.717) is 0 Å². The number of carbonyl (C=O) groups is 1. The third-order valence-corrected chi connectivity index (χ3v) is 0.927. The van der Waals surface area contributed by atoms with Crippen LogP contribution in [0, 0.1) is 0 Å². The zero-order valence-corrected chi connectivity index (χ0v) is 5.25. The van der Waals surface area contributed by atoms with Crippen LogP contribution in [0.5, 0.6) is 0 Å². The highest BCUT2D eigenvalue weighted by Gasteiger charge is 2.03. The Balaban J connectivity index is 3.95. The minimum atomic E-state index is -3.86. The standard InChI is InChI=1S/CH3N2O3S2/c2-1(4)3-8(5,6)7/h(H3,2,3,4). The van der Waals surface area contributed by atoms with E-state index in [4.69, 9.17) is 0 Å². The van der Waals surface area contributed by atoms with Gasteiger partial charge in [-0.3, -0.25) is 0 Å². The second kappa shape index (κ2) is 2.23. The lowest BCUT2D eigenvalue weighted by atomic mass is 11.2. The summed E-state index contributed by atoms with van der Waals surface area (Å²) < 4.78 is 21.0. The number of nitrogens with two attached hydrogens (primary N) is 1. The van der Waals surface area contributed by atoms with E-state index in [-0.39, 0.29) is 0 Å². The monoisotopic (exact) mass is 155 g/mol. The van der Waals surface area contributed by atoms with Crippen molar-refractivity contribution in [2.45, 2.75) is 0 Å². The molecular weight excluding hydrogens is 152 g/mol. The molecule has 5 nitrogen and oxygen atoms in total. The fourth-order valence-corrected chi connectivity index (χ4v) is 0.616. The van der Waals surface area contributed by atoms with Crippen molar-refractivity contribution in [2.75, 3.05) is 0 Å². The first-order valence-electron chi connectivity index (χ1n) is 1.45. The zero-order chi connectivity index (χ0) is 6.78. The Hall–Kier alpha value is -0.430. The van der Waals surface area contributed by atoms with Crippen molar-refractivity contribution >= 4 is 26.7 Å². The molecule has 0 unspecified atom stereocenters. The normalized spacial score (nSPS) is 10.6. The Kier molecular flexibility index (Phi) is 2.11. The molecule has 0 saturated heterocycles. The average molecular weight is 155 g/mol. The van der Waals surface area contributed by atoms with E-state index in [0.717, 1.165) is 0 Å². The quantitative estimate of drug-likeness (QED) is 0.481. The van der Waals surface area contributed by atoms with Crippen LogP contribution in [0.4, 0.5) is 4.79 Å². The Morgan fingerprint density at radius 1 is 1.62 bits per heavy atom. The van der Waals surface area contributed by atoms with Gasteiger partial charge in [0.25, 0.3) is 0 Å². The number of primary amides is 1. The summed E-state index contributed by atoms with van der Waals surface area (Å²) in [7, 11) is -3.86. The van der Waals surface area contributed by atoms with Gasteiger partial charge >= 0.3 is 15.1 Å². The molecule has 8 heavy (non-hydrogen) atoms. The van der Waals surface area contributed by atoms with Gasteiger partial charge in [-0.1, -0.05) is 0 Å². The summed E-state index contributed by atoms with van der Waals surface area (Å²) in [5.74, 6) is 0. The molecule has 0 spiro atoms. The predicted molar refractivity (Wildman–Crippen MR) is 29.2 cm³/mol. The smallest absolute Gasteiger partial charge is 0.326 e. The molecule has 0 aliphatic rings. The second-order valence-corrected chi connectivity index (χ2v) is 3.35. The summed E-state index contributed by atoms with van der Waals surface area (Å²) in [4.78, 5) is 9.68. The van der Waals surface area contributed by atoms with E-state index in [1.54, 1.807) is 0 Å². The highest BCUT2D eigenvalue weighted by Crippen LogP contribution is 1.84. The first-order chi connectivity index (χ1) is 3.42. The van der Waals surface area contributed by atoms with E-state index < -0.39 is 15.1 Å². The predicted octanol–water partition coefficient (Wildman–Crippen LogP) is -0.903. The maximum absolute atomic E-state index is 9.84. The lowest BCUT2D eigenvalue weighted by molar-refractivity contribution is 0.253. The molecule has 0 bridgehead atoms. The zero-order valence-electron chi connectivity index (χ0n) is 3.62. The SMILES string of the molecule is NC(=O)NS(=O)(=O)[S]. The van der Waals surface area contributed by atoms with Gasteiger partial charge in [0.05, 0.1) is 11.7 Å². The maximum Gasteiger partial charge on any atom is 0.326 e. The van der Waals surface area contributed by atoms with Crippen molar-refractivity contribution < 1.29 is 13.2 Å². The van der Waals surface area contributed by atoms with Gasteiger partial charge in [0.15, 0.2) is 0 Å². The Morgan fingerprint density at radius 3 is 2.00 bits per heavy atom. The van der Waals surface area contributed by atoms with Crippen LogP contribution < -0.4 is 10.5 Å². The topological polar surface area (TPSA) is 89.3 Å². The van der Waals surface area contributed by atoms with Crippen LogP contribution in [0.2, 0.25) is 0 Å². The van der Waals surface area contributed by atoms with Crippen molar-refractivity contribution in [2.24, 2.45) is 5.73 Å². The van der Waals surface area contributed by atoms with Crippen molar-refractivity contribution in [1.82, 2.24) is 4.72 Å². The minimum absolute atomic E-state index is 1.17. The number of urea groups is 1. The fourth-order valence-electron chi connectivity index (χ4n) is 0.123. The molecule has 0 saturated carbocycles. The van der Waals surface area contributed by atoms with Crippen molar-refractivity contribution in [3.8, 4) is 0 Å². The first-order valence-corrected chi connectivity index (χ1v) is 3.86. The molecule has 2 amide bonds. The highest BCUT2D eigenvalue weighted by molar-refractivity contribution is 8.62. The third-order valence-electron chi connectivity index (χ3n) is 0.226. The van der Waals surface area contributed by atoms with Gasteiger partial charge in [-0.2, -0.15) is 8.42 Å². The molecule has 0 aromatic carbocycles. The molecule has 0 rings (SSSR count). The molecule has 0 aliphatic carbocycles. The van der Waals surface area contributed by atoms with Crippen LogP contribution in [0.15, 0.2) is 0 Å². The van der Waals surface area contributed by atoms with Gasteiger partial charge in [-0.05, 0) is 0 Å². The molecule has 0 aromatic heterocycles. The number of carbonyl (C=O) groups excluding carboxylic acids is 1. The summed E-state index contributed by atoms with van der Waals surface area (Å²) >= 11 is 3.72. The molecular formula is CH3N2O3S2. The summed E-state index contributed by atoms with van der Waals surface area (Å²) in [6.07, 6.45) is 0. The van der Waals surface area contributed by atoms with Gasteiger partial charge in [0.1, 0.15) is 0 Å². The van der Waals surface area contributed by atoms with Crippen LogP contribution >= 0.6 is 11.7 Å². The highest BCUT2D eigenvalue weighted by atomic mass is 33.1. The van der Waals surface area contributed by atoms with E-state index in [1.807, 2.05) is 0 Å². The van der Waals surface area contributed by atoms with Gasteiger partial charge in [0, 0.05) is 0 Å². The molecule has 0 atom stereocenters. The van der Waals surface area contributed by atoms with Crippen molar-refractivity contribution in [3.63, 3.8) is 0 Å². The molecule has 0 aliphatic heterocycles. The Morgan fingerprint density at radius 2 is 2.00 bits per heavy atom. The summed E-state index contributed by atoms with van der Waals surface area (Å²) in [6, 6.07) is -1.17.